The molecule has 0 aromatic rings. The summed E-state index contributed by atoms with van der Waals surface area (Å²) in [6.45, 7) is 3.82. The molecule has 0 bridgehead atoms. The van der Waals surface area contributed by atoms with Gasteiger partial charge in [-0.3, -0.25) is 0 Å². The van der Waals surface area contributed by atoms with Crippen LogP contribution in [0.15, 0.2) is 12.7 Å². The molecule has 0 aliphatic heterocycles. The van der Waals surface area contributed by atoms with Gasteiger partial charge in [0.1, 0.15) is 0 Å². The molecule has 86 valence electrons. The van der Waals surface area contributed by atoms with Gasteiger partial charge in [-0.25, -0.2) is 0 Å². The molecule has 1 unspecified atom stereocenters. The lowest BCUT2D eigenvalue weighted by Gasteiger charge is -2.25. The third-order valence-electron chi connectivity index (χ3n) is 4.71. The maximum atomic E-state index is 3.82. The molecule has 2 saturated carbocycles. The van der Waals surface area contributed by atoms with Crippen molar-refractivity contribution in [2.24, 2.45) is 17.8 Å². The Balaban J connectivity index is 1.78. The predicted octanol–water partition coefficient (Wildman–Crippen LogP) is 4.95. The summed E-state index contributed by atoms with van der Waals surface area (Å²) in [4.78, 5) is 0. The minimum Gasteiger partial charge on any atom is -0.103 e. The van der Waals surface area contributed by atoms with Crippen molar-refractivity contribution in [3.63, 3.8) is 0 Å². The maximum Gasteiger partial charge on any atom is -0.0353 e. The van der Waals surface area contributed by atoms with Crippen molar-refractivity contribution < 1.29 is 0 Å². The van der Waals surface area contributed by atoms with Crippen molar-refractivity contribution in [3.8, 4) is 0 Å². The number of allylic oxidation sites excluding steroid dienone is 1. The summed E-state index contributed by atoms with van der Waals surface area (Å²) in [5.41, 5.74) is 0. The van der Waals surface area contributed by atoms with E-state index in [-0.39, 0.29) is 0 Å². The van der Waals surface area contributed by atoms with Crippen molar-refractivity contribution in [2.75, 3.05) is 0 Å². The van der Waals surface area contributed by atoms with Crippen LogP contribution >= 0.6 is 0 Å². The highest BCUT2D eigenvalue weighted by molar-refractivity contribution is 4.85. The Labute approximate surface area is 95.1 Å². The molecule has 2 atom stereocenters. The molecule has 0 spiro atoms. The molecule has 0 N–H and O–H groups in total. The van der Waals surface area contributed by atoms with E-state index in [1.165, 1.54) is 44.9 Å². The predicted molar refractivity (Wildman–Crippen MR) is 66.8 cm³/mol. The maximum absolute atomic E-state index is 3.82. The Kier molecular flexibility index (Phi) is 4.29. The fraction of sp³-hybridized carbons (Fsp3) is 0.867. The van der Waals surface area contributed by atoms with Crippen LogP contribution in [0.1, 0.15) is 64.2 Å². The molecule has 2 rings (SSSR count). The summed E-state index contributed by atoms with van der Waals surface area (Å²) in [5.74, 6) is 3.30. The summed E-state index contributed by atoms with van der Waals surface area (Å²) in [6, 6.07) is 0. The van der Waals surface area contributed by atoms with Crippen LogP contribution in [0.25, 0.3) is 0 Å². The molecule has 2 aliphatic carbocycles. The second-order valence-corrected chi connectivity index (χ2v) is 5.62. The molecular weight excluding hydrogens is 180 g/mol. The van der Waals surface area contributed by atoms with Gasteiger partial charge < -0.3 is 0 Å². The molecule has 0 aromatic heterocycles. The Morgan fingerprint density at radius 3 is 2.53 bits per heavy atom. The van der Waals surface area contributed by atoms with Gasteiger partial charge in [0.15, 0.2) is 0 Å². The molecule has 2 fully saturated rings. The third-order valence-corrected chi connectivity index (χ3v) is 4.71. The molecule has 0 nitrogen and oxygen atoms in total. The zero-order valence-electron chi connectivity index (χ0n) is 10.1. The highest BCUT2D eigenvalue weighted by Gasteiger charge is 2.34. The van der Waals surface area contributed by atoms with Gasteiger partial charge in [-0.05, 0) is 43.4 Å². The van der Waals surface area contributed by atoms with Gasteiger partial charge in [0.25, 0.3) is 0 Å². The largest absolute Gasteiger partial charge is 0.103 e. The van der Waals surface area contributed by atoms with Crippen LogP contribution in [0.2, 0.25) is 0 Å². The van der Waals surface area contributed by atoms with E-state index in [1.54, 1.807) is 19.3 Å². The molecule has 15 heavy (non-hydrogen) atoms. The monoisotopic (exact) mass is 206 g/mol. The number of hydrogen-bond donors (Lipinski definition) is 0. The minimum atomic E-state index is 1.08. The van der Waals surface area contributed by atoms with Gasteiger partial charge in [0.2, 0.25) is 0 Å². The molecular formula is C15H26. The lowest BCUT2D eigenvalue weighted by molar-refractivity contribution is 0.250. The van der Waals surface area contributed by atoms with Crippen LogP contribution in [-0.2, 0) is 0 Å². The molecule has 0 heteroatoms. The van der Waals surface area contributed by atoms with E-state index in [0.29, 0.717) is 0 Å². The van der Waals surface area contributed by atoms with Gasteiger partial charge in [-0.15, -0.1) is 6.58 Å². The van der Waals surface area contributed by atoms with E-state index in [2.05, 4.69) is 12.7 Å². The van der Waals surface area contributed by atoms with Gasteiger partial charge in [-0.2, -0.15) is 0 Å². The van der Waals surface area contributed by atoms with E-state index in [1.807, 2.05) is 0 Å². The first kappa shape index (κ1) is 11.2. The number of unbranched alkanes of at least 4 members (excludes halogenated alkanes) is 1. The summed E-state index contributed by atoms with van der Waals surface area (Å²) < 4.78 is 0. The summed E-state index contributed by atoms with van der Waals surface area (Å²) in [6.07, 6.45) is 16.9. The average Bonchev–Trinajstić information content (AvgIpc) is 2.87. The normalized spacial score (nSPS) is 32.3. The van der Waals surface area contributed by atoms with Crippen molar-refractivity contribution in [2.45, 2.75) is 64.2 Å². The van der Waals surface area contributed by atoms with Gasteiger partial charge in [0, 0.05) is 0 Å². The molecule has 0 aromatic carbocycles. The van der Waals surface area contributed by atoms with Gasteiger partial charge in [0.05, 0.1) is 0 Å². The molecule has 0 amide bonds. The summed E-state index contributed by atoms with van der Waals surface area (Å²) >= 11 is 0. The lowest BCUT2D eigenvalue weighted by Crippen LogP contribution is -2.16. The highest BCUT2D eigenvalue weighted by atomic mass is 14.4. The minimum absolute atomic E-state index is 1.08. The fourth-order valence-corrected chi connectivity index (χ4v) is 3.95. The van der Waals surface area contributed by atoms with E-state index >= 15 is 0 Å². The van der Waals surface area contributed by atoms with Crippen LogP contribution < -0.4 is 0 Å². The number of hydrogen-bond acceptors (Lipinski definition) is 0. The van der Waals surface area contributed by atoms with Crippen LogP contribution in [0.4, 0.5) is 0 Å². The molecule has 0 saturated heterocycles. The van der Waals surface area contributed by atoms with Crippen LogP contribution in [-0.4, -0.2) is 0 Å². The van der Waals surface area contributed by atoms with Crippen LogP contribution in [0.5, 0.6) is 0 Å². The van der Waals surface area contributed by atoms with Crippen molar-refractivity contribution in [3.05, 3.63) is 12.7 Å². The Bertz CT molecular complexity index is 188. The topological polar surface area (TPSA) is 0 Å². The van der Waals surface area contributed by atoms with Crippen LogP contribution in [0, 0.1) is 17.8 Å². The summed E-state index contributed by atoms with van der Waals surface area (Å²) in [7, 11) is 0. The van der Waals surface area contributed by atoms with Gasteiger partial charge >= 0.3 is 0 Å². The Morgan fingerprint density at radius 1 is 1.00 bits per heavy atom. The zero-order chi connectivity index (χ0) is 10.5. The summed E-state index contributed by atoms with van der Waals surface area (Å²) in [5, 5.41) is 0. The van der Waals surface area contributed by atoms with E-state index in [0.717, 1.165) is 17.8 Å². The smallest absolute Gasteiger partial charge is 0.0353 e. The SMILES string of the molecule is C=CCCC[C@@H]1CCCC1C1CCCC1. The zero-order valence-corrected chi connectivity index (χ0v) is 10.1. The standard InChI is InChI=1S/C15H26/c1-2-3-4-8-14-11-7-12-15(14)13-9-5-6-10-13/h2,13-15H,1,3-12H2/t14-,15?/m1/s1. The van der Waals surface area contributed by atoms with E-state index in [4.69, 9.17) is 0 Å². The first-order chi connectivity index (χ1) is 7.42. The van der Waals surface area contributed by atoms with E-state index in [9.17, 15) is 0 Å². The Morgan fingerprint density at radius 2 is 1.80 bits per heavy atom. The molecule has 2 aliphatic rings. The fourth-order valence-electron chi connectivity index (χ4n) is 3.95. The average molecular weight is 206 g/mol. The van der Waals surface area contributed by atoms with Crippen molar-refractivity contribution in [1.29, 1.82) is 0 Å². The first-order valence-corrected chi connectivity index (χ1v) is 7.02. The van der Waals surface area contributed by atoms with Crippen molar-refractivity contribution in [1.82, 2.24) is 0 Å². The van der Waals surface area contributed by atoms with Gasteiger partial charge in [-0.1, -0.05) is 44.6 Å². The quantitative estimate of drug-likeness (QED) is 0.441. The van der Waals surface area contributed by atoms with E-state index < -0.39 is 0 Å². The highest BCUT2D eigenvalue weighted by Crippen LogP contribution is 2.45. The lowest BCUT2D eigenvalue weighted by atomic mass is 9.80. The Hall–Kier alpha value is -0.260. The van der Waals surface area contributed by atoms with Crippen molar-refractivity contribution >= 4 is 0 Å². The van der Waals surface area contributed by atoms with Crippen LogP contribution in [0.3, 0.4) is 0 Å². The number of rotatable bonds is 5. The first-order valence-electron chi connectivity index (χ1n) is 7.02. The second-order valence-electron chi connectivity index (χ2n) is 5.62. The molecule has 0 heterocycles. The third kappa shape index (κ3) is 2.86. The second kappa shape index (κ2) is 5.72. The molecule has 0 radical (unpaired) electrons.